The second-order valence-corrected chi connectivity index (χ2v) is 6.67. The van der Waals surface area contributed by atoms with Gasteiger partial charge < -0.3 is 10.2 Å². The zero-order valence-corrected chi connectivity index (χ0v) is 13.9. The quantitative estimate of drug-likeness (QED) is 0.905. The Labute approximate surface area is 142 Å². The van der Waals surface area contributed by atoms with Crippen LogP contribution in [0.1, 0.15) is 37.0 Å². The van der Waals surface area contributed by atoms with E-state index in [0.717, 1.165) is 5.56 Å². The molecule has 3 nitrogen and oxygen atoms in total. The minimum atomic E-state index is -0.793. The van der Waals surface area contributed by atoms with Crippen LogP contribution in [0.4, 0.5) is 4.39 Å². The molecule has 1 aliphatic heterocycles. The van der Waals surface area contributed by atoms with Crippen molar-refractivity contribution in [1.82, 2.24) is 4.90 Å². The van der Waals surface area contributed by atoms with E-state index in [1.165, 1.54) is 12.1 Å². The van der Waals surface area contributed by atoms with Crippen LogP contribution in [0, 0.1) is 5.82 Å². The van der Waals surface area contributed by atoms with Crippen LogP contribution in [0.3, 0.4) is 0 Å². The van der Waals surface area contributed by atoms with Crippen LogP contribution in [0.15, 0.2) is 54.6 Å². The molecule has 0 aliphatic carbocycles. The summed E-state index contributed by atoms with van der Waals surface area (Å²) in [6.07, 6.45) is 0.600. The first kappa shape index (κ1) is 17.1. The molecule has 0 bridgehead atoms. The van der Waals surface area contributed by atoms with Gasteiger partial charge in [0.25, 0.3) is 0 Å². The maximum atomic E-state index is 13.0. The van der Waals surface area contributed by atoms with Crippen molar-refractivity contribution in [2.24, 2.45) is 0 Å². The molecule has 2 N–H and O–H groups in total. The molecule has 3 rings (SSSR count). The van der Waals surface area contributed by atoms with Gasteiger partial charge in [0.1, 0.15) is 5.82 Å². The summed E-state index contributed by atoms with van der Waals surface area (Å²) in [4.78, 5) is 2.19. The minimum Gasteiger partial charge on any atom is -0.387 e. The van der Waals surface area contributed by atoms with Gasteiger partial charge in [0, 0.05) is 19.1 Å². The Morgan fingerprint density at radius 1 is 1.00 bits per heavy atom. The van der Waals surface area contributed by atoms with Gasteiger partial charge in [-0.15, -0.1) is 0 Å². The first-order valence-electron chi connectivity index (χ1n) is 8.45. The van der Waals surface area contributed by atoms with Crippen molar-refractivity contribution in [2.45, 2.75) is 37.5 Å². The van der Waals surface area contributed by atoms with E-state index in [1.54, 1.807) is 12.1 Å². The third-order valence-corrected chi connectivity index (χ3v) is 5.18. The summed E-state index contributed by atoms with van der Waals surface area (Å²) >= 11 is 0. The summed E-state index contributed by atoms with van der Waals surface area (Å²) in [5, 5.41) is 21.5. The van der Waals surface area contributed by atoms with Crippen LogP contribution in [0.5, 0.6) is 0 Å². The number of hydrogen-bond donors (Lipinski definition) is 2. The van der Waals surface area contributed by atoms with Crippen molar-refractivity contribution < 1.29 is 14.6 Å². The van der Waals surface area contributed by atoms with E-state index in [4.69, 9.17) is 0 Å². The Balaban J connectivity index is 1.64. The molecule has 24 heavy (non-hydrogen) atoms. The van der Waals surface area contributed by atoms with Gasteiger partial charge >= 0.3 is 0 Å². The van der Waals surface area contributed by atoms with Crippen molar-refractivity contribution >= 4 is 0 Å². The summed E-state index contributed by atoms with van der Waals surface area (Å²) in [5.41, 5.74) is 0.877. The van der Waals surface area contributed by atoms with Crippen LogP contribution < -0.4 is 0 Å². The zero-order chi connectivity index (χ0) is 17.2. The minimum absolute atomic E-state index is 0.0872. The van der Waals surface area contributed by atoms with Gasteiger partial charge in [-0.1, -0.05) is 42.5 Å². The molecule has 1 aliphatic rings. The van der Waals surface area contributed by atoms with E-state index in [1.807, 2.05) is 37.3 Å². The third-order valence-electron chi connectivity index (χ3n) is 5.18. The number of halogens is 1. The molecule has 1 fully saturated rings. The fourth-order valence-electron chi connectivity index (χ4n) is 3.48. The Hall–Kier alpha value is -1.75. The van der Waals surface area contributed by atoms with Gasteiger partial charge in [0.15, 0.2) is 0 Å². The van der Waals surface area contributed by atoms with Gasteiger partial charge in [-0.25, -0.2) is 4.39 Å². The number of hydrogen-bond acceptors (Lipinski definition) is 3. The summed E-state index contributed by atoms with van der Waals surface area (Å²) in [5.74, 6) is -0.301. The van der Waals surface area contributed by atoms with Crippen LogP contribution in [-0.4, -0.2) is 34.2 Å². The topological polar surface area (TPSA) is 43.7 Å². The van der Waals surface area contributed by atoms with E-state index in [0.29, 0.717) is 31.5 Å². The summed E-state index contributed by atoms with van der Waals surface area (Å²) in [6.45, 7) is 3.40. The van der Waals surface area contributed by atoms with Crippen molar-refractivity contribution in [3.05, 3.63) is 71.5 Å². The normalized spacial score (nSPS) is 20.5. The molecule has 0 saturated carbocycles. The lowest BCUT2D eigenvalue weighted by Crippen LogP contribution is -2.47. The molecule has 4 heteroatoms. The molecule has 0 spiro atoms. The number of aliphatic hydroxyl groups excluding tert-OH is 1. The van der Waals surface area contributed by atoms with Crippen LogP contribution in [-0.2, 0) is 5.60 Å². The average molecular weight is 329 g/mol. The molecule has 1 unspecified atom stereocenters. The zero-order valence-electron chi connectivity index (χ0n) is 13.9. The maximum absolute atomic E-state index is 13.0. The summed E-state index contributed by atoms with van der Waals surface area (Å²) < 4.78 is 13.0. The van der Waals surface area contributed by atoms with Crippen LogP contribution in [0.25, 0.3) is 0 Å². The number of aliphatic hydroxyl groups is 2. The van der Waals surface area contributed by atoms with Crippen molar-refractivity contribution in [2.75, 3.05) is 13.1 Å². The Kier molecular flexibility index (Phi) is 4.99. The highest BCUT2D eigenvalue weighted by molar-refractivity contribution is 5.23. The predicted octanol–water partition coefficient (Wildman–Crippen LogP) is 3.23. The lowest BCUT2D eigenvalue weighted by Gasteiger charge is -2.42. The van der Waals surface area contributed by atoms with Crippen molar-refractivity contribution in [1.29, 1.82) is 0 Å². The number of piperidine rings is 1. The monoisotopic (exact) mass is 329 g/mol. The van der Waals surface area contributed by atoms with E-state index >= 15 is 0 Å². The summed E-state index contributed by atoms with van der Waals surface area (Å²) in [7, 11) is 0. The Morgan fingerprint density at radius 2 is 1.58 bits per heavy atom. The SMILES string of the molecule is C[C@@H](C(O)c1ccc(F)cc1)N1CCC(O)(c2ccccc2)CC1. The Bertz CT molecular complexity index is 651. The number of nitrogens with zero attached hydrogens (tertiary/aromatic N) is 1. The molecule has 2 aromatic carbocycles. The van der Waals surface area contributed by atoms with Gasteiger partial charge in [-0.3, -0.25) is 4.90 Å². The first-order valence-corrected chi connectivity index (χ1v) is 8.45. The van der Waals surface area contributed by atoms with Crippen molar-refractivity contribution in [3.8, 4) is 0 Å². The molecule has 0 amide bonds. The van der Waals surface area contributed by atoms with E-state index in [9.17, 15) is 14.6 Å². The highest BCUT2D eigenvalue weighted by Gasteiger charge is 2.36. The number of benzene rings is 2. The van der Waals surface area contributed by atoms with Gasteiger partial charge in [0.2, 0.25) is 0 Å². The molecular weight excluding hydrogens is 305 g/mol. The molecule has 128 valence electrons. The second kappa shape index (κ2) is 7.01. The molecule has 0 aromatic heterocycles. The molecule has 2 atom stereocenters. The smallest absolute Gasteiger partial charge is 0.123 e. The summed E-state index contributed by atoms with van der Waals surface area (Å²) in [6, 6.07) is 15.7. The lowest BCUT2D eigenvalue weighted by atomic mass is 9.83. The first-order chi connectivity index (χ1) is 11.5. The van der Waals surface area contributed by atoms with Crippen molar-refractivity contribution in [3.63, 3.8) is 0 Å². The van der Waals surface area contributed by atoms with Crippen LogP contribution in [0.2, 0.25) is 0 Å². The lowest BCUT2D eigenvalue weighted by molar-refractivity contribution is -0.0501. The molecular formula is C20H24FNO2. The molecule has 1 heterocycles. The van der Waals surface area contributed by atoms with Gasteiger partial charge in [-0.05, 0) is 43.0 Å². The maximum Gasteiger partial charge on any atom is 0.123 e. The average Bonchev–Trinajstić information content (AvgIpc) is 2.62. The molecule has 1 saturated heterocycles. The highest BCUT2D eigenvalue weighted by atomic mass is 19.1. The molecule has 2 aromatic rings. The largest absolute Gasteiger partial charge is 0.387 e. The number of likely N-dealkylation sites (tertiary alicyclic amines) is 1. The fraction of sp³-hybridized carbons (Fsp3) is 0.400. The third kappa shape index (κ3) is 3.51. The predicted molar refractivity (Wildman–Crippen MR) is 92.0 cm³/mol. The van der Waals surface area contributed by atoms with E-state index in [-0.39, 0.29) is 11.9 Å². The second-order valence-electron chi connectivity index (χ2n) is 6.67. The fourth-order valence-corrected chi connectivity index (χ4v) is 3.48. The van der Waals surface area contributed by atoms with Gasteiger partial charge in [-0.2, -0.15) is 0 Å². The van der Waals surface area contributed by atoms with E-state index < -0.39 is 11.7 Å². The number of rotatable bonds is 4. The molecule has 0 radical (unpaired) electrons. The van der Waals surface area contributed by atoms with Gasteiger partial charge in [0.05, 0.1) is 11.7 Å². The Morgan fingerprint density at radius 3 is 2.17 bits per heavy atom. The highest BCUT2D eigenvalue weighted by Crippen LogP contribution is 2.34. The standard InChI is InChI=1S/C20H24FNO2/c1-15(19(23)16-7-9-18(21)10-8-16)22-13-11-20(24,12-14-22)17-5-3-2-4-6-17/h2-10,15,19,23-24H,11-14H2,1H3/t15-,19?/m0/s1. The van der Waals surface area contributed by atoms with E-state index in [2.05, 4.69) is 4.90 Å². The van der Waals surface area contributed by atoms with Crippen LogP contribution >= 0.6 is 0 Å².